The van der Waals surface area contributed by atoms with Gasteiger partial charge in [0, 0.05) is 24.5 Å². The Bertz CT molecular complexity index is 701. The molecule has 0 aliphatic carbocycles. The van der Waals surface area contributed by atoms with E-state index in [1.165, 1.54) is 22.3 Å². The summed E-state index contributed by atoms with van der Waals surface area (Å²) in [7, 11) is 1.75. The molecule has 1 aliphatic heterocycles. The Morgan fingerprint density at radius 3 is 2.36 bits per heavy atom. The van der Waals surface area contributed by atoms with Crippen molar-refractivity contribution in [3.8, 4) is 5.75 Å². The Kier molecular flexibility index (Phi) is 6.55. The molecular weight excluding hydrogens is 330 g/mol. The number of hydrogen-bond donors (Lipinski definition) is 0. The lowest BCUT2D eigenvalue weighted by Crippen LogP contribution is -2.32. The predicted molar refractivity (Wildman–Crippen MR) is 106 cm³/mol. The van der Waals surface area contributed by atoms with Crippen molar-refractivity contribution in [3.63, 3.8) is 0 Å². The summed E-state index contributed by atoms with van der Waals surface area (Å²) in [4.78, 5) is 2.52. The van der Waals surface area contributed by atoms with Crippen LogP contribution in [0, 0.1) is 0 Å². The lowest BCUT2D eigenvalue weighted by atomic mass is 9.88. The number of nitrogens with zero attached hydrogens (tertiary/aromatic N) is 1. The van der Waals surface area contributed by atoms with E-state index in [1.807, 2.05) is 6.07 Å². The van der Waals surface area contributed by atoms with Gasteiger partial charge in [0.1, 0.15) is 5.75 Å². The molecule has 0 spiro atoms. The van der Waals surface area contributed by atoms with Crippen molar-refractivity contribution in [2.75, 3.05) is 32.6 Å². The number of hydrogen-bond acceptors (Lipinski definition) is 2. The first-order chi connectivity index (χ1) is 12.3. The number of halogens is 1. The normalized spacial score (nSPS) is 15.2. The molecule has 25 heavy (non-hydrogen) atoms. The number of rotatable bonds is 6. The minimum Gasteiger partial charge on any atom is -0.496 e. The molecule has 0 saturated carbocycles. The van der Waals surface area contributed by atoms with Crippen LogP contribution in [0.3, 0.4) is 0 Å². The van der Waals surface area contributed by atoms with Crippen molar-refractivity contribution >= 4 is 17.2 Å². The Morgan fingerprint density at radius 1 is 1.00 bits per heavy atom. The monoisotopic (exact) mass is 355 g/mol. The second-order valence-electron chi connectivity index (χ2n) is 6.43. The van der Waals surface area contributed by atoms with E-state index >= 15 is 0 Å². The molecule has 2 aromatic rings. The minimum atomic E-state index is 0.746. The van der Waals surface area contributed by atoms with Gasteiger partial charge in [-0.05, 0) is 43.0 Å². The van der Waals surface area contributed by atoms with Crippen LogP contribution in [0.15, 0.2) is 60.2 Å². The van der Waals surface area contributed by atoms with Gasteiger partial charge in [-0.3, -0.25) is 0 Å². The molecular formula is C22H26ClNO. The summed E-state index contributed by atoms with van der Waals surface area (Å²) in [6.45, 7) is 3.32. The van der Waals surface area contributed by atoms with Crippen LogP contribution >= 0.6 is 11.6 Å². The Morgan fingerprint density at radius 2 is 1.68 bits per heavy atom. The maximum Gasteiger partial charge on any atom is 0.126 e. The van der Waals surface area contributed by atoms with E-state index in [0.29, 0.717) is 0 Å². The van der Waals surface area contributed by atoms with E-state index in [4.69, 9.17) is 16.3 Å². The second-order valence-corrected chi connectivity index (χ2v) is 6.81. The fourth-order valence-electron chi connectivity index (χ4n) is 3.59. The van der Waals surface area contributed by atoms with Gasteiger partial charge in [0.15, 0.2) is 0 Å². The first-order valence-corrected chi connectivity index (χ1v) is 9.56. The maximum absolute atomic E-state index is 5.84. The number of piperidine rings is 1. The Balaban J connectivity index is 1.96. The Labute approximate surface area is 156 Å². The van der Waals surface area contributed by atoms with Crippen LogP contribution in [0.25, 0.3) is 5.57 Å². The lowest BCUT2D eigenvalue weighted by Gasteiger charge is -2.30. The number of methoxy groups -OCH3 is 1. The summed E-state index contributed by atoms with van der Waals surface area (Å²) in [5.74, 6) is 1.69. The summed E-state index contributed by atoms with van der Waals surface area (Å²) < 4.78 is 5.65. The van der Waals surface area contributed by atoms with Crippen LogP contribution in [-0.4, -0.2) is 37.5 Å². The highest BCUT2D eigenvalue weighted by atomic mass is 35.5. The average Bonchev–Trinajstić information content (AvgIpc) is 2.69. The fourth-order valence-corrected chi connectivity index (χ4v) is 3.71. The smallest absolute Gasteiger partial charge is 0.126 e. The molecule has 2 aromatic carbocycles. The van der Waals surface area contributed by atoms with Crippen LogP contribution in [0.1, 0.15) is 30.4 Å². The number of ether oxygens (including phenoxy) is 1. The van der Waals surface area contributed by atoms with Gasteiger partial charge in [-0.2, -0.15) is 0 Å². The molecule has 0 unspecified atom stereocenters. The number of benzene rings is 2. The van der Waals surface area contributed by atoms with Crippen LogP contribution < -0.4 is 4.74 Å². The molecule has 1 saturated heterocycles. The zero-order valence-corrected chi connectivity index (χ0v) is 15.6. The summed E-state index contributed by atoms with van der Waals surface area (Å²) in [6.07, 6.45) is 3.27. The largest absolute Gasteiger partial charge is 0.496 e. The van der Waals surface area contributed by atoms with Crippen molar-refractivity contribution in [1.29, 1.82) is 0 Å². The SMILES string of the molecule is COc1ccccc1C(=C1CCN(CCCCl)CC1)c1ccccc1. The van der Waals surface area contributed by atoms with Crippen LogP contribution in [0.5, 0.6) is 5.75 Å². The molecule has 0 aromatic heterocycles. The van der Waals surface area contributed by atoms with E-state index in [9.17, 15) is 0 Å². The molecule has 3 heteroatoms. The van der Waals surface area contributed by atoms with Crippen molar-refractivity contribution in [2.24, 2.45) is 0 Å². The van der Waals surface area contributed by atoms with E-state index in [1.54, 1.807) is 7.11 Å². The average molecular weight is 356 g/mol. The van der Waals surface area contributed by atoms with Crippen molar-refractivity contribution < 1.29 is 4.74 Å². The highest BCUT2D eigenvalue weighted by Crippen LogP contribution is 2.36. The molecule has 0 N–H and O–H groups in total. The summed E-state index contributed by atoms with van der Waals surface area (Å²) in [6, 6.07) is 19.1. The standard InChI is InChI=1S/C22H26ClNO/c1-25-21-11-6-5-10-20(21)22(18-8-3-2-4-9-18)19-12-16-24(17-13-19)15-7-14-23/h2-6,8-11H,7,12-17H2,1H3. The van der Waals surface area contributed by atoms with Crippen molar-refractivity contribution in [3.05, 3.63) is 71.3 Å². The topological polar surface area (TPSA) is 12.5 Å². The van der Waals surface area contributed by atoms with Crippen molar-refractivity contribution in [1.82, 2.24) is 4.90 Å². The molecule has 132 valence electrons. The second kappa shape index (κ2) is 9.07. The third-order valence-corrected chi connectivity index (χ3v) is 5.13. The number of para-hydroxylation sites is 1. The zero-order chi connectivity index (χ0) is 17.5. The molecule has 1 heterocycles. The zero-order valence-electron chi connectivity index (χ0n) is 14.9. The van der Waals surface area contributed by atoms with Crippen LogP contribution in [0.2, 0.25) is 0 Å². The third-order valence-electron chi connectivity index (χ3n) is 4.86. The van der Waals surface area contributed by atoms with E-state index in [-0.39, 0.29) is 0 Å². The lowest BCUT2D eigenvalue weighted by molar-refractivity contribution is 0.258. The van der Waals surface area contributed by atoms with Crippen LogP contribution in [-0.2, 0) is 0 Å². The van der Waals surface area contributed by atoms with Crippen molar-refractivity contribution in [2.45, 2.75) is 19.3 Å². The van der Waals surface area contributed by atoms with Gasteiger partial charge in [-0.15, -0.1) is 11.6 Å². The van der Waals surface area contributed by atoms with E-state index < -0.39 is 0 Å². The number of alkyl halides is 1. The molecule has 0 amide bonds. The van der Waals surface area contributed by atoms with Gasteiger partial charge in [0.25, 0.3) is 0 Å². The fraction of sp³-hybridized carbons (Fsp3) is 0.364. The molecule has 2 nitrogen and oxygen atoms in total. The highest BCUT2D eigenvalue weighted by molar-refractivity contribution is 6.17. The molecule has 1 aliphatic rings. The highest BCUT2D eigenvalue weighted by Gasteiger charge is 2.20. The quantitative estimate of drug-likeness (QED) is 0.658. The molecule has 1 fully saturated rings. The molecule has 3 rings (SSSR count). The van der Waals surface area contributed by atoms with Crippen LogP contribution in [0.4, 0.5) is 0 Å². The maximum atomic E-state index is 5.84. The first kappa shape index (κ1) is 18.0. The van der Waals surface area contributed by atoms with Gasteiger partial charge < -0.3 is 9.64 Å². The number of likely N-dealkylation sites (tertiary alicyclic amines) is 1. The van der Waals surface area contributed by atoms with Gasteiger partial charge in [0.05, 0.1) is 7.11 Å². The minimum absolute atomic E-state index is 0.746. The predicted octanol–water partition coefficient (Wildman–Crippen LogP) is 5.22. The Hall–Kier alpha value is -1.77. The van der Waals surface area contributed by atoms with Gasteiger partial charge in [-0.1, -0.05) is 54.1 Å². The summed E-state index contributed by atoms with van der Waals surface area (Å²) >= 11 is 5.84. The van der Waals surface area contributed by atoms with Gasteiger partial charge in [-0.25, -0.2) is 0 Å². The first-order valence-electron chi connectivity index (χ1n) is 9.02. The summed E-state index contributed by atoms with van der Waals surface area (Å²) in [5.41, 5.74) is 5.34. The van der Waals surface area contributed by atoms with E-state index in [0.717, 1.165) is 50.5 Å². The molecule has 0 bridgehead atoms. The van der Waals surface area contributed by atoms with Gasteiger partial charge in [0.2, 0.25) is 0 Å². The van der Waals surface area contributed by atoms with E-state index in [2.05, 4.69) is 53.4 Å². The third kappa shape index (κ3) is 4.45. The van der Waals surface area contributed by atoms with Gasteiger partial charge >= 0.3 is 0 Å². The molecule has 0 radical (unpaired) electrons. The summed E-state index contributed by atoms with van der Waals surface area (Å²) in [5, 5.41) is 0. The molecule has 0 atom stereocenters.